The minimum absolute atomic E-state index is 0.0306. The number of nitrogens with two attached hydrogens (primary N) is 1. The molecule has 21 heavy (non-hydrogen) atoms. The second-order valence-electron chi connectivity index (χ2n) is 4.47. The Balaban J connectivity index is 2.11. The minimum Gasteiger partial charge on any atom is -0.491 e. The molecule has 0 aromatic heterocycles. The molecular weight excluding hydrogens is 303 g/mol. The molecule has 1 aromatic carbocycles. The van der Waals surface area contributed by atoms with E-state index >= 15 is 0 Å². The van der Waals surface area contributed by atoms with Crippen LogP contribution in [0.5, 0.6) is 5.75 Å². The number of alkyl halides is 3. The van der Waals surface area contributed by atoms with Gasteiger partial charge in [0.25, 0.3) is 0 Å². The summed E-state index contributed by atoms with van der Waals surface area (Å²) in [7, 11) is 0. The van der Waals surface area contributed by atoms with E-state index in [1.54, 1.807) is 12.1 Å². The van der Waals surface area contributed by atoms with E-state index in [9.17, 15) is 13.2 Å². The first-order chi connectivity index (χ1) is 9.87. The normalized spacial score (nSPS) is 11.4. The highest BCUT2D eigenvalue weighted by Gasteiger charge is 2.25. The van der Waals surface area contributed by atoms with Gasteiger partial charge in [-0.15, -0.1) is 0 Å². The van der Waals surface area contributed by atoms with Crippen molar-refractivity contribution in [3.63, 3.8) is 0 Å². The number of thiocarbonyl (C=S) groups is 1. The minimum atomic E-state index is -4.12. The SMILES string of the molecule is NC(=S)Cc1ccc(OCCOCCCC(F)(F)F)cc1. The predicted octanol–water partition coefficient (Wildman–Crippen LogP) is 3.25. The van der Waals surface area contributed by atoms with Gasteiger partial charge in [0.2, 0.25) is 0 Å². The van der Waals surface area contributed by atoms with Gasteiger partial charge in [0.05, 0.1) is 11.6 Å². The Labute approximate surface area is 127 Å². The molecule has 2 N–H and O–H groups in total. The third-order valence-electron chi connectivity index (χ3n) is 2.55. The largest absolute Gasteiger partial charge is 0.491 e. The Bertz CT molecular complexity index is 435. The molecule has 0 radical (unpaired) electrons. The van der Waals surface area contributed by atoms with Crippen LogP contribution in [0, 0.1) is 0 Å². The number of ether oxygens (including phenoxy) is 2. The molecular formula is C14H18F3NO2S. The lowest BCUT2D eigenvalue weighted by molar-refractivity contribution is -0.138. The molecule has 0 saturated carbocycles. The lowest BCUT2D eigenvalue weighted by Gasteiger charge is -2.09. The summed E-state index contributed by atoms with van der Waals surface area (Å²) in [5, 5.41) is 0. The van der Waals surface area contributed by atoms with Gasteiger partial charge in [-0.05, 0) is 24.1 Å². The molecule has 0 unspecified atom stereocenters. The van der Waals surface area contributed by atoms with E-state index in [2.05, 4.69) is 0 Å². The summed E-state index contributed by atoms with van der Waals surface area (Å²) in [6, 6.07) is 7.30. The van der Waals surface area contributed by atoms with E-state index < -0.39 is 12.6 Å². The fourth-order valence-corrected chi connectivity index (χ4v) is 1.77. The quantitative estimate of drug-likeness (QED) is 0.560. The highest BCUT2D eigenvalue weighted by atomic mass is 32.1. The predicted molar refractivity (Wildman–Crippen MR) is 78.5 cm³/mol. The molecule has 0 heterocycles. The Hall–Kier alpha value is -1.34. The van der Waals surface area contributed by atoms with Crippen LogP contribution in [0.2, 0.25) is 0 Å². The number of rotatable bonds is 9. The molecule has 0 fully saturated rings. The van der Waals surface area contributed by atoms with Crippen LogP contribution in [0.4, 0.5) is 13.2 Å². The van der Waals surface area contributed by atoms with Gasteiger partial charge in [0.1, 0.15) is 12.4 Å². The zero-order valence-electron chi connectivity index (χ0n) is 11.5. The van der Waals surface area contributed by atoms with Crippen molar-refractivity contribution in [2.75, 3.05) is 19.8 Å². The summed E-state index contributed by atoms with van der Waals surface area (Å²) in [5.41, 5.74) is 6.44. The molecule has 0 spiro atoms. The van der Waals surface area contributed by atoms with Crippen LogP contribution >= 0.6 is 12.2 Å². The van der Waals surface area contributed by atoms with Crippen molar-refractivity contribution in [3.8, 4) is 5.75 Å². The van der Waals surface area contributed by atoms with Gasteiger partial charge in [0, 0.05) is 19.4 Å². The maximum Gasteiger partial charge on any atom is 0.389 e. The Morgan fingerprint density at radius 3 is 2.33 bits per heavy atom. The summed E-state index contributed by atoms with van der Waals surface area (Å²) in [6.45, 7) is 0.628. The summed E-state index contributed by atoms with van der Waals surface area (Å²) in [6.07, 6.45) is -4.43. The van der Waals surface area contributed by atoms with E-state index in [0.29, 0.717) is 23.8 Å². The second-order valence-corrected chi connectivity index (χ2v) is 4.99. The molecule has 0 amide bonds. The molecule has 0 aliphatic heterocycles. The molecule has 0 bridgehead atoms. The lowest BCUT2D eigenvalue weighted by Crippen LogP contribution is -2.12. The van der Waals surface area contributed by atoms with Crippen molar-refractivity contribution in [1.82, 2.24) is 0 Å². The monoisotopic (exact) mass is 321 g/mol. The molecule has 0 saturated heterocycles. The lowest BCUT2D eigenvalue weighted by atomic mass is 10.1. The van der Waals surface area contributed by atoms with Gasteiger partial charge in [-0.3, -0.25) is 0 Å². The van der Waals surface area contributed by atoms with Crippen molar-refractivity contribution >= 4 is 17.2 Å². The number of hydrogen-bond acceptors (Lipinski definition) is 3. The van der Waals surface area contributed by atoms with Crippen LogP contribution in [-0.4, -0.2) is 31.0 Å². The number of hydrogen-bond donors (Lipinski definition) is 1. The number of benzene rings is 1. The van der Waals surface area contributed by atoms with E-state index in [1.807, 2.05) is 12.1 Å². The van der Waals surface area contributed by atoms with Crippen LogP contribution in [-0.2, 0) is 11.2 Å². The first-order valence-corrected chi connectivity index (χ1v) is 6.92. The van der Waals surface area contributed by atoms with Crippen LogP contribution < -0.4 is 10.5 Å². The third kappa shape index (κ3) is 9.25. The fourth-order valence-electron chi connectivity index (χ4n) is 1.60. The summed E-state index contributed by atoms with van der Waals surface area (Å²) < 4.78 is 46.1. The topological polar surface area (TPSA) is 44.5 Å². The van der Waals surface area contributed by atoms with E-state index in [0.717, 1.165) is 5.56 Å². The van der Waals surface area contributed by atoms with Gasteiger partial charge < -0.3 is 15.2 Å². The van der Waals surface area contributed by atoms with Gasteiger partial charge >= 0.3 is 6.18 Å². The first kappa shape index (κ1) is 17.7. The number of halogens is 3. The fraction of sp³-hybridized carbons (Fsp3) is 0.500. The molecule has 3 nitrogen and oxygen atoms in total. The highest BCUT2D eigenvalue weighted by Crippen LogP contribution is 2.21. The van der Waals surface area contributed by atoms with Crippen LogP contribution in [0.25, 0.3) is 0 Å². The van der Waals surface area contributed by atoms with Crippen molar-refractivity contribution in [1.29, 1.82) is 0 Å². The van der Waals surface area contributed by atoms with Gasteiger partial charge in [-0.1, -0.05) is 24.4 Å². The average Bonchev–Trinajstić information content (AvgIpc) is 2.37. The molecule has 0 aliphatic rings. The maximum absolute atomic E-state index is 11.9. The molecule has 0 aliphatic carbocycles. The molecule has 1 rings (SSSR count). The van der Waals surface area contributed by atoms with Gasteiger partial charge in [-0.25, -0.2) is 0 Å². The smallest absolute Gasteiger partial charge is 0.389 e. The molecule has 0 atom stereocenters. The van der Waals surface area contributed by atoms with Gasteiger partial charge in [0.15, 0.2) is 0 Å². The van der Waals surface area contributed by atoms with Crippen molar-refractivity contribution in [2.45, 2.75) is 25.4 Å². The van der Waals surface area contributed by atoms with Crippen LogP contribution in [0.3, 0.4) is 0 Å². The van der Waals surface area contributed by atoms with Crippen molar-refractivity contribution < 1.29 is 22.6 Å². The Kier molecular flexibility index (Phi) is 7.45. The van der Waals surface area contributed by atoms with E-state index in [1.165, 1.54) is 0 Å². The molecule has 118 valence electrons. The van der Waals surface area contributed by atoms with Crippen LogP contribution in [0.1, 0.15) is 18.4 Å². The Morgan fingerprint density at radius 2 is 1.76 bits per heavy atom. The first-order valence-electron chi connectivity index (χ1n) is 6.51. The average molecular weight is 321 g/mol. The third-order valence-corrected chi connectivity index (χ3v) is 2.69. The zero-order valence-corrected chi connectivity index (χ0v) is 12.3. The van der Waals surface area contributed by atoms with Crippen LogP contribution in [0.15, 0.2) is 24.3 Å². The summed E-state index contributed by atoms with van der Waals surface area (Å²) >= 11 is 4.81. The standard InChI is InChI=1S/C14H18F3NO2S/c15-14(16,17)6-1-7-19-8-9-20-12-4-2-11(3-5-12)10-13(18)21/h2-5H,1,6-10H2,(H2,18,21). The maximum atomic E-state index is 11.9. The van der Waals surface area contributed by atoms with Gasteiger partial charge in [-0.2, -0.15) is 13.2 Å². The summed E-state index contributed by atoms with van der Waals surface area (Å²) in [4.78, 5) is 0.427. The highest BCUT2D eigenvalue weighted by molar-refractivity contribution is 7.80. The molecule has 1 aromatic rings. The Morgan fingerprint density at radius 1 is 1.10 bits per heavy atom. The van der Waals surface area contributed by atoms with Crippen molar-refractivity contribution in [3.05, 3.63) is 29.8 Å². The van der Waals surface area contributed by atoms with E-state index in [4.69, 9.17) is 27.4 Å². The van der Waals surface area contributed by atoms with E-state index in [-0.39, 0.29) is 19.6 Å². The van der Waals surface area contributed by atoms with Crippen molar-refractivity contribution in [2.24, 2.45) is 5.73 Å². The second kappa shape index (κ2) is 8.84. The summed E-state index contributed by atoms with van der Waals surface area (Å²) in [5.74, 6) is 0.667. The zero-order chi connectivity index (χ0) is 15.7. The molecule has 7 heteroatoms.